The maximum absolute atomic E-state index is 6.52. The van der Waals surface area contributed by atoms with Crippen LogP contribution in [0.3, 0.4) is 0 Å². The van der Waals surface area contributed by atoms with Crippen molar-refractivity contribution in [2.45, 2.75) is 46.1 Å². The predicted molar refractivity (Wildman–Crippen MR) is 81.7 cm³/mol. The molecular weight excluding hydrogens is 254 g/mol. The highest BCUT2D eigenvalue weighted by Crippen LogP contribution is 2.62. The molecule has 1 aromatic carbocycles. The average molecular weight is 278 g/mol. The van der Waals surface area contributed by atoms with E-state index in [1.165, 1.54) is 36.0 Å². The molecule has 0 spiro atoms. The Hall–Kier alpha value is -0.530. The SMILES string of the molecule is CCNC(c1cc(C)c(C)cc1Cl)C1C2CCCC21. The van der Waals surface area contributed by atoms with Crippen molar-refractivity contribution >= 4 is 11.6 Å². The van der Waals surface area contributed by atoms with E-state index in [4.69, 9.17) is 11.6 Å². The monoisotopic (exact) mass is 277 g/mol. The van der Waals surface area contributed by atoms with Crippen LogP contribution in [0, 0.1) is 31.6 Å². The van der Waals surface area contributed by atoms with Crippen LogP contribution in [0.4, 0.5) is 0 Å². The highest BCUT2D eigenvalue weighted by atomic mass is 35.5. The van der Waals surface area contributed by atoms with Crippen LogP contribution in [0.15, 0.2) is 12.1 Å². The van der Waals surface area contributed by atoms with Crippen molar-refractivity contribution in [1.29, 1.82) is 0 Å². The van der Waals surface area contributed by atoms with E-state index in [2.05, 4.69) is 38.2 Å². The van der Waals surface area contributed by atoms with Crippen molar-refractivity contribution in [1.82, 2.24) is 5.32 Å². The third-order valence-electron chi connectivity index (χ3n) is 5.23. The summed E-state index contributed by atoms with van der Waals surface area (Å²) >= 11 is 6.52. The quantitative estimate of drug-likeness (QED) is 0.844. The van der Waals surface area contributed by atoms with Crippen molar-refractivity contribution in [3.05, 3.63) is 33.8 Å². The molecule has 2 saturated carbocycles. The molecule has 2 heteroatoms. The van der Waals surface area contributed by atoms with Crippen LogP contribution in [0.5, 0.6) is 0 Å². The molecule has 0 heterocycles. The number of halogens is 1. The first kappa shape index (κ1) is 13.5. The van der Waals surface area contributed by atoms with Crippen LogP contribution >= 0.6 is 11.6 Å². The van der Waals surface area contributed by atoms with Crippen molar-refractivity contribution < 1.29 is 0 Å². The van der Waals surface area contributed by atoms with E-state index < -0.39 is 0 Å². The molecular formula is C17H24ClN. The smallest absolute Gasteiger partial charge is 0.0456 e. The molecule has 0 amide bonds. The van der Waals surface area contributed by atoms with Gasteiger partial charge >= 0.3 is 0 Å². The van der Waals surface area contributed by atoms with Gasteiger partial charge in [0.2, 0.25) is 0 Å². The number of aryl methyl sites for hydroxylation is 2. The zero-order valence-corrected chi connectivity index (χ0v) is 12.9. The van der Waals surface area contributed by atoms with Crippen LogP contribution < -0.4 is 5.32 Å². The Labute approximate surface area is 121 Å². The van der Waals surface area contributed by atoms with E-state index >= 15 is 0 Å². The molecule has 1 nitrogen and oxygen atoms in total. The summed E-state index contributed by atoms with van der Waals surface area (Å²) in [5.41, 5.74) is 3.97. The average Bonchev–Trinajstić information content (AvgIpc) is 2.82. The topological polar surface area (TPSA) is 12.0 Å². The van der Waals surface area contributed by atoms with E-state index in [0.717, 1.165) is 29.3 Å². The lowest BCUT2D eigenvalue weighted by Crippen LogP contribution is -2.25. The Morgan fingerprint density at radius 2 is 1.84 bits per heavy atom. The summed E-state index contributed by atoms with van der Waals surface area (Å²) < 4.78 is 0. The predicted octanol–water partition coefficient (Wildman–Crippen LogP) is 4.65. The van der Waals surface area contributed by atoms with Gasteiger partial charge in [-0.25, -0.2) is 0 Å². The third kappa shape index (κ3) is 2.32. The lowest BCUT2D eigenvalue weighted by atomic mass is 9.94. The Bertz CT molecular complexity index is 472. The van der Waals surface area contributed by atoms with Crippen LogP contribution in [0.2, 0.25) is 5.02 Å². The molecule has 0 saturated heterocycles. The summed E-state index contributed by atoms with van der Waals surface area (Å²) in [4.78, 5) is 0. The lowest BCUT2D eigenvalue weighted by Gasteiger charge is -2.22. The third-order valence-corrected chi connectivity index (χ3v) is 5.56. The van der Waals surface area contributed by atoms with Gasteiger partial charge in [-0.3, -0.25) is 0 Å². The first-order valence-electron chi connectivity index (χ1n) is 7.63. The van der Waals surface area contributed by atoms with Crippen molar-refractivity contribution in [2.75, 3.05) is 6.54 Å². The number of fused-ring (bicyclic) bond motifs is 1. The molecule has 3 atom stereocenters. The molecule has 1 aromatic rings. The standard InChI is InChI=1S/C17H24ClN/c1-4-19-17(16-12-6-5-7-13(12)16)14-8-10(2)11(3)9-15(14)18/h8-9,12-13,16-17,19H,4-7H2,1-3H3. The highest BCUT2D eigenvalue weighted by Gasteiger charge is 2.56. The zero-order chi connectivity index (χ0) is 13.6. The molecule has 0 radical (unpaired) electrons. The van der Waals surface area contributed by atoms with Gasteiger partial charge < -0.3 is 5.32 Å². The molecule has 1 N–H and O–H groups in total. The van der Waals surface area contributed by atoms with Crippen LogP contribution in [-0.2, 0) is 0 Å². The molecule has 104 valence electrons. The molecule has 2 aliphatic carbocycles. The number of hydrogen-bond donors (Lipinski definition) is 1. The largest absolute Gasteiger partial charge is 0.310 e. The van der Waals surface area contributed by atoms with Gasteiger partial charge in [0.05, 0.1) is 0 Å². The first-order chi connectivity index (χ1) is 9.13. The Kier molecular flexibility index (Phi) is 3.61. The maximum Gasteiger partial charge on any atom is 0.0456 e. The fourth-order valence-corrected chi connectivity index (χ4v) is 4.42. The van der Waals surface area contributed by atoms with Gasteiger partial charge in [-0.05, 0) is 73.7 Å². The fraction of sp³-hybridized carbons (Fsp3) is 0.647. The lowest BCUT2D eigenvalue weighted by molar-refractivity contribution is 0.426. The highest BCUT2D eigenvalue weighted by molar-refractivity contribution is 6.31. The molecule has 19 heavy (non-hydrogen) atoms. The van der Waals surface area contributed by atoms with Gasteiger partial charge in [-0.1, -0.05) is 31.0 Å². The van der Waals surface area contributed by atoms with E-state index in [1.807, 2.05) is 0 Å². The zero-order valence-electron chi connectivity index (χ0n) is 12.2. The van der Waals surface area contributed by atoms with Gasteiger partial charge in [0.1, 0.15) is 0 Å². The number of rotatable bonds is 4. The molecule has 3 unspecified atom stereocenters. The summed E-state index contributed by atoms with van der Waals surface area (Å²) in [7, 11) is 0. The summed E-state index contributed by atoms with van der Waals surface area (Å²) in [6.45, 7) is 7.54. The minimum absolute atomic E-state index is 0.465. The normalized spacial score (nSPS) is 30.2. The first-order valence-corrected chi connectivity index (χ1v) is 8.01. The van der Waals surface area contributed by atoms with Crippen molar-refractivity contribution in [3.63, 3.8) is 0 Å². The Morgan fingerprint density at radius 1 is 1.21 bits per heavy atom. The molecule has 3 rings (SSSR count). The second kappa shape index (κ2) is 5.10. The molecule has 2 aliphatic rings. The molecule has 2 fully saturated rings. The number of nitrogens with one attached hydrogen (secondary N) is 1. The van der Waals surface area contributed by atoms with Crippen molar-refractivity contribution in [2.24, 2.45) is 17.8 Å². The minimum atomic E-state index is 0.465. The van der Waals surface area contributed by atoms with Crippen LogP contribution in [0.25, 0.3) is 0 Å². The second-order valence-electron chi connectivity index (χ2n) is 6.33. The Balaban J connectivity index is 1.90. The van der Waals surface area contributed by atoms with Gasteiger partial charge in [-0.15, -0.1) is 0 Å². The van der Waals surface area contributed by atoms with E-state index in [1.54, 1.807) is 0 Å². The van der Waals surface area contributed by atoms with Gasteiger partial charge in [0, 0.05) is 11.1 Å². The molecule has 0 aromatic heterocycles. The van der Waals surface area contributed by atoms with Gasteiger partial charge in [-0.2, -0.15) is 0 Å². The van der Waals surface area contributed by atoms with Crippen LogP contribution in [-0.4, -0.2) is 6.54 Å². The summed E-state index contributed by atoms with van der Waals surface area (Å²) in [5, 5.41) is 4.64. The minimum Gasteiger partial charge on any atom is -0.310 e. The number of benzene rings is 1. The van der Waals surface area contributed by atoms with Gasteiger partial charge in [0.25, 0.3) is 0 Å². The summed E-state index contributed by atoms with van der Waals surface area (Å²) in [6.07, 6.45) is 4.30. The molecule has 0 aliphatic heterocycles. The van der Waals surface area contributed by atoms with E-state index in [-0.39, 0.29) is 0 Å². The van der Waals surface area contributed by atoms with E-state index in [0.29, 0.717) is 6.04 Å². The van der Waals surface area contributed by atoms with E-state index in [9.17, 15) is 0 Å². The Morgan fingerprint density at radius 3 is 2.47 bits per heavy atom. The second-order valence-corrected chi connectivity index (χ2v) is 6.74. The van der Waals surface area contributed by atoms with Crippen molar-refractivity contribution in [3.8, 4) is 0 Å². The summed E-state index contributed by atoms with van der Waals surface area (Å²) in [6, 6.07) is 4.90. The van der Waals surface area contributed by atoms with Crippen LogP contribution in [0.1, 0.15) is 48.9 Å². The van der Waals surface area contributed by atoms with Gasteiger partial charge in [0.15, 0.2) is 0 Å². The maximum atomic E-state index is 6.52. The fourth-order valence-electron chi connectivity index (χ4n) is 4.09. The number of hydrogen-bond acceptors (Lipinski definition) is 1. The summed E-state index contributed by atoms with van der Waals surface area (Å²) in [5.74, 6) is 2.75. The molecule has 0 bridgehead atoms.